The molecule has 0 radical (unpaired) electrons. The number of ketones is 2. The minimum absolute atomic E-state index is 0.0401. The maximum atomic E-state index is 12.3. The van der Waals surface area contributed by atoms with Gasteiger partial charge < -0.3 is 19.3 Å². The number of Topliss-reactive ketones (excluding diaryl/α,β-unsaturated/α-hetero) is 2. The van der Waals surface area contributed by atoms with E-state index in [1.807, 2.05) is 62.4 Å². The lowest BCUT2D eigenvalue weighted by Gasteiger charge is -2.21. The zero-order valence-corrected chi connectivity index (χ0v) is 26.5. The number of amides is 2. The second-order valence-electron chi connectivity index (χ2n) is 11.4. The maximum Gasteiger partial charge on any atom is 0.410 e. The summed E-state index contributed by atoms with van der Waals surface area (Å²) in [6.07, 6.45) is 3.07. The van der Waals surface area contributed by atoms with Crippen molar-refractivity contribution < 1.29 is 28.7 Å². The van der Waals surface area contributed by atoms with Crippen molar-refractivity contribution in [2.45, 2.75) is 65.6 Å². The molecule has 2 amide bonds. The number of hydrogen-bond donors (Lipinski definition) is 0. The van der Waals surface area contributed by atoms with E-state index in [1.165, 1.54) is 28.3 Å². The Balaban J connectivity index is 0.000000201. The summed E-state index contributed by atoms with van der Waals surface area (Å²) in [5, 5.41) is 0. The molecular formula is C34H46N4O6. The van der Waals surface area contributed by atoms with Crippen LogP contribution in [0.15, 0.2) is 48.5 Å². The van der Waals surface area contributed by atoms with Crippen LogP contribution < -0.4 is 9.80 Å². The smallest absolute Gasteiger partial charge is 0.410 e. The van der Waals surface area contributed by atoms with Gasteiger partial charge >= 0.3 is 12.2 Å². The molecule has 2 atom stereocenters. The van der Waals surface area contributed by atoms with Crippen molar-refractivity contribution in [3.63, 3.8) is 0 Å². The molecule has 3 fully saturated rings. The lowest BCUT2D eigenvalue weighted by atomic mass is 10.1. The quantitative estimate of drug-likeness (QED) is 0.286. The first-order valence-corrected chi connectivity index (χ1v) is 15.9. The van der Waals surface area contributed by atoms with Crippen LogP contribution in [0.25, 0.3) is 0 Å². The zero-order chi connectivity index (χ0) is 31.6. The van der Waals surface area contributed by atoms with Crippen LogP contribution in [0.3, 0.4) is 0 Å². The molecule has 3 aliphatic rings. The summed E-state index contributed by atoms with van der Waals surface area (Å²) >= 11 is 0. The fourth-order valence-electron chi connectivity index (χ4n) is 5.64. The van der Waals surface area contributed by atoms with Gasteiger partial charge in [0.2, 0.25) is 0 Å². The third-order valence-electron chi connectivity index (χ3n) is 8.46. The normalized spacial score (nSPS) is 19.4. The molecule has 0 spiro atoms. The molecule has 0 aliphatic carbocycles. The number of cyclic esters (lactones) is 2. The molecule has 0 N–H and O–H groups in total. The van der Waals surface area contributed by atoms with E-state index in [4.69, 9.17) is 9.47 Å². The molecule has 10 heteroatoms. The van der Waals surface area contributed by atoms with Crippen molar-refractivity contribution in [2.75, 3.05) is 62.2 Å². The van der Waals surface area contributed by atoms with Crippen LogP contribution >= 0.6 is 0 Å². The van der Waals surface area contributed by atoms with Gasteiger partial charge in [-0.3, -0.25) is 19.4 Å². The van der Waals surface area contributed by atoms with E-state index in [0.29, 0.717) is 24.2 Å². The summed E-state index contributed by atoms with van der Waals surface area (Å²) in [7, 11) is 0. The summed E-state index contributed by atoms with van der Waals surface area (Å²) in [5.74, 6) is -0.0959. The number of carbonyl (C=O) groups is 4. The fourth-order valence-corrected chi connectivity index (χ4v) is 5.64. The predicted molar refractivity (Wildman–Crippen MR) is 171 cm³/mol. The van der Waals surface area contributed by atoms with Gasteiger partial charge in [-0.1, -0.05) is 13.8 Å². The first-order valence-electron chi connectivity index (χ1n) is 15.9. The highest BCUT2D eigenvalue weighted by Crippen LogP contribution is 2.22. The highest BCUT2D eigenvalue weighted by Gasteiger charge is 2.32. The summed E-state index contributed by atoms with van der Waals surface area (Å²) in [4.78, 5) is 55.5. The third kappa shape index (κ3) is 8.30. The van der Waals surface area contributed by atoms with Gasteiger partial charge in [-0.2, -0.15) is 0 Å². The minimum Gasteiger partial charge on any atom is -0.444 e. The summed E-state index contributed by atoms with van der Waals surface area (Å²) < 4.78 is 10.3. The summed E-state index contributed by atoms with van der Waals surface area (Å²) in [5.41, 5.74) is 3.55. The van der Waals surface area contributed by atoms with Crippen LogP contribution in [-0.2, 0) is 9.47 Å². The van der Waals surface area contributed by atoms with Gasteiger partial charge in [0.15, 0.2) is 11.6 Å². The number of ether oxygens (including phenoxy) is 2. The Labute approximate surface area is 260 Å². The van der Waals surface area contributed by atoms with Gasteiger partial charge in [-0.05, 0) is 88.1 Å². The van der Waals surface area contributed by atoms with Crippen LogP contribution in [0, 0.1) is 0 Å². The fraction of sp³-hybridized carbons (Fsp3) is 0.529. The molecule has 0 aromatic heterocycles. The lowest BCUT2D eigenvalue weighted by molar-refractivity contribution is 0.0936. The highest BCUT2D eigenvalue weighted by atomic mass is 16.6. The van der Waals surface area contributed by atoms with Gasteiger partial charge in [0, 0.05) is 48.7 Å². The standard InChI is InChI=1S/C17H22N2O3.C17H24N2O3/c1-2-15-11-19(17(21)22-15)12-16(20)13-5-7-14(8-6-13)18-9-3-4-10-18;1-4-15-11-19(17(21)22-15)12-16(20)13-7-9-14(10-8-13)18(5-2)6-3/h5-8,15H,2-4,9-12H2,1H3;7-10,15H,4-6,11-12H2,1-3H3. The number of rotatable bonds is 12. The molecule has 0 saturated carbocycles. The zero-order valence-electron chi connectivity index (χ0n) is 26.5. The molecular weight excluding hydrogens is 560 g/mol. The van der Waals surface area contributed by atoms with Crippen molar-refractivity contribution in [3.8, 4) is 0 Å². The van der Waals surface area contributed by atoms with Crippen molar-refractivity contribution >= 4 is 35.1 Å². The van der Waals surface area contributed by atoms with Crippen LogP contribution in [-0.4, -0.2) is 98.1 Å². The van der Waals surface area contributed by atoms with Gasteiger partial charge in [0.1, 0.15) is 12.2 Å². The van der Waals surface area contributed by atoms with Crippen LogP contribution in [0.1, 0.15) is 74.1 Å². The van der Waals surface area contributed by atoms with E-state index in [2.05, 4.69) is 23.6 Å². The molecule has 2 aromatic rings. The topological polar surface area (TPSA) is 99.7 Å². The van der Waals surface area contributed by atoms with Crippen LogP contribution in [0.5, 0.6) is 0 Å². The first-order chi connectivity index (χ1) is 21.3. The number of benzene rings is 2. The summed E-state index contributed by atoms with van der Waals surface area (Å²) in [6, 6.07) is 15.3. The van der Waals surface area contributed by atoms with Crippen molar-refractivity contribution in [1.29, 1.82) is 0 Å². The largest absolute Gasteiger partial charge is 0.444 e. The van der Waals surface area contributed by atoms with E-state index in [9.17, 15) is 19.2 Å². The Morgan fingerprint density at radius 3 is 1.52 bits per heavy atom. The molecule has 3 aliphatic heterocycles. The van der Waals surface area contributed by atoms with E-state index in [-0.39, 0.29) is 49.1 Å². The van der Waals surface area contributed by atoms with Gasteiger partial charge in [-0.25, -0.2) is 9.59 Å². The number of anilines is 2. The van der Waals surface area contributed by atoms with E-state index >= 15 is 0 Å². The Morgan fingerprint density at radius 2 is 1.14 bits per heavy atom. The van der Waals surface area contributed by atoms with Crippen LogP contribution in [0.4, 0.5) is 21.0 Å². The molecule has 3 heterocycles. The number of carbonyl (C=O) groups excluding carboxylic acids is 4. The predicted octanol–water partition coefficient (Wildman–Crippen LogP) is 5.65. The Bertz CT molecular complexity index is 1180. The molecule has 0 bridgehead atoms. The molecule has 2 unspecified atom stereocenters. The molecule has 10 nitrogen and oxygen atoms in total. The number of hydrogen-bond acceptors (Lipinski definition) is 8. The van der Waals surface area contributed by atoms with Crippen LogP contribution in [0.2, 0.25) is 0 Å². The lowest BCUT2D eigenvalue weighted by Crippen LogP contribution is -2.31. The monoisotopic (exact) mass is 606 g/mol. The van der Waals surface area contributed by atoms with Crippen molar-refractivity contribution in [3.05, 3.63) is 59.7 Å². The van der Waals surface area contributed by atoms with Gasteiger partial charge in [0.25, 0.3) is 0 Å². The van der Waals surface area contributed by atoms with E-state index < -0.39 is 0 Å². The van der Waals surface area contributed by atoms with Gasteiger partial charge in [0.05, 0.1) is 26.2 Å². The second kappa shape index (κ2) is 15.6. The van der Waals surface area contributed by atoms with E-state index in [1.54, 1.807) is 0 Å². The average molecular weight is 607 g/mol. The minimum atomic E-state index is -0.389. The molecule has 5 rings (SSSR count). The molecule has 44 heavy (non-hydrogen) atoms. The molecule has 2 aromatic carbocycles. The van der Waals surface area contributed by atoms with Gasteiger partial charge in [-0.15, -0.1) is 0 Å². The van der Waals surface area contributed by atoms with Crippen molar-refractivity contribution in [1.82, 2.24) is 9.80 Å². The Hall–Kier alpha value is -4.08. The average Bonchev–Trinajstić information content (AvgIpc) is 3.79. The highest BCUT2D eigenvalue weighted by molar-refractivity contribution is 6.00. The first kappa shape index (κ1) is 32.8. The Morgan fingerprint density at radius 1 is 0.705 bits per heavy atom. The van der Waals surface area contributed by atoms with E-state index in [0.717, 1.165) is 44.7 Å². The molecule has 3 saturated heterocycles. The second-order valence-corrected chi connectivity index (χ2v) is 11.4. The number of nitrogens with zero attached hydrogens (tertiary/aromatic N) is 4. The SMILES string of the molecule is CCC1CN(CC(=O)c2ccc(N(CC)CC)cc2)C(=O)O1.CCC1CN(CC(=O)c2ccc(N3CCCC3)cc2)C(=O)O1. The summed E-state index contributed by atoms with van der Waals surface area (Å²) in [6.45, 7) is 13.4. The Kier molecular flexibility index (Phi) is 11.6. The maximum absolute atomic E-state index is 12.3. The molecule has 238 valence electrons. The van der Waals surface area contributed by atoms with Crippen molar-refractivity contribution in [2.24, 2.45) is 0 Å². The third-order valence-corrected chi connectivity index (χ3v) is 8.46.